The molecule has 1 unspecified atom stereocenters. The molecule has 5 nitrogen and oxygen atoms in total. The Balaban J connectivity index is 1.14. The fraction of sp³-hybridized carbons (Fsp3) is 0.298. The quantitative estimate of drug-likeness (QED) is 0.152. The summed E-state index contributed by atoms with van der Waals surface area (Å²) in [6.07, 6.45) is 8.41. The lowest BCUT2D eigenvalue weighted by Crippen LogP contribution is -2.77. The maximum absolute atomic E-state index is 2.91. The van der Waals surface area contributed by atoms with Crippen molar-refractivity contribution in [3.8, 4) is 22.9 Å². The van der Waals surface area contributed by atoms with Crippen molar-refractivity contribution in [1.29, 1.82) is 0 Å². The van der Waals surface area contributed by atoms with Gasteiger partial charge in [0.25, 0.3) is 11.6 Å². The van der Waals surface area contributed by atoms with E-state index in [9.17, 15) is 0 Å². The summed E-state index contributed by atoms with van der Waals surface area (Å²) in [4.78, 5) is 2.78. The highest BCUT2D eigenvalue weighted by Crippen LogP contribution is 2.68. The van der Waals surface area contributed by atoms with Crippen molar-refractivity contribution >= 4 is 60.8 Å². The van der Waals surface area contributed by atoms with Crippen molar-refractivity contribution in [3.05, 3.63) is 148 Å². The summed E-state index contributed by atoms with van der Waals surface area (Å²) in [5.41, 5.74) is 21.6. The number of pyridine rings is 2. The topological polar surface area (TPSA) is 20.9 Å². The fourth-order valence-electron chi connectivity index (χ4n) is 17.1. The van der Waals surface area contributed by atoms with Crippen molar-refractivity contribution in [3.63, 3.8) is 0 Å². The molecule has 9 aromatic rings. The summed E-state index contributed by atoms with van der Waals surface area (Å²) in [7, 11) is 0. The van der Waals surface area contributed by atoms with Crippen molar-refractivity contribution < 1.29 is 9.13 Å². The van der Waals surface area contributed by atoms with Gasteiger partial charge in [0, 0.05) is 55.1 Å². The van der Waals surface area contributed by atoms with Gasteiger partial charge in [-0.2, -0.15) is 18.6 Å². The molecule has 5 heteroatoms. The Morgan fingerprint density at radius 1 is 0.516 bits per heavy atom. The van der Waals surface area contributed by atoms with Crippen molar-refractivity contribution in [2.75, 3.05) is 4.90 Å². The van der Waals surface area contributed by atoms with Crippen LogP contribution in [0.25, 0.3) is 66.5 Å². The molecule has 1 spiro atoms. The number of anilines is 3. The first kappa shape index (κ1) is 31.6. The largest absolute Gasteiger partial charge is 0.319 e. The minimum atomic E-state index is -0.648. The van der Waals surface area contributed by atoms with Crippen LogP contribution in [0.5, 0.6) is 0 Å². The van der Waals surface area contributed by atoms with Gasteiger partial charge >= 0.3 is 5.66 Å². The molecule has 0 radical (unpaired) electrons. The lowest BCUT2D eigenvalue weighted by molar-refractivity contribution is -0.931. The van der Waals surface area contributed by atoms with Crippen LogP contribution in [0.4, 0.5) is 17.2 Å². The van der Waals surface area contributed by atoms with Crippen LogP contribution in [0.3, 0.4) is 0 Å². The molecule has 4 aromatic heterocycles. The highest BCUT2D eigenvalue weighted by atomic mass is 15.5. The summed E-state index contributed by atoms with van der Waals surface area (Å²) in [6, 6.07) is 44.0. The summed E-state index contributed by atoms with van der Waals surface area (Å²) in [5.74, 6) is 5.32. The van der Waals surface area contributed by atoms with Gasteiger partial charge in [-0.05, 0) is 116 Å². The van der Waals surface area contributed by atoms with Gasteiger partial charge in [0.1, 0.15) is 22.3 Å². The SMILES string of the molecule is CC1(C)c2cccc3c2N2c4c1ccc1c4C45c6c7c(cc8c9ccccc9n(c68)-c6cc(C89CC%10CC(CC(C%10)C8)C9)cc([n+]64)-c4ccc(c2[n+]45)C3(C)C)c2ccccc2n7-1. The Bertz CT molecular complexity index is 3760. The van der Waals surface area contributed by atoms with Gasteiger partial charge in [-0.1, -0.05) is 82.3 Å². The molecule has 10 aliphatic rings. The number of benzene rings is 5. The summed E-state index contributed by atoms with van der Waals surface area (Å²) in [5, 5.41) is 5.41. The fourth-order valence-corrected chi connectivity index (χ4v) is 17.1. The van der Waals surface area contributed by atoms with E-state index >= 15 is 0 Å². The van der Waals surface area contributed by atoms with Crippen molar-refractivity contribution in [2.45, 2.75) is 88.1 Å². The van der Waals surface area contributed by atoms with Crippen LogP contribution in [-0.4, -0.2) is 9.13 Å². The number of hydrogen-bond donors (Lipinski definition) is 0. The molecule has 0 amide bonds. The van der Waals surface area contributed by atoms with E-state index in [2.05, 4.69) is 160 Å². The molecule has 1 atom stereocenters. The van der Waals surface area contributed by atoms with Crippen LogP contribution >= 0.6 is 0 Å². The summed E-state index contributed by atoms with van der Waals surface area (Å²) >= 11 is 0. The Hall–Kier alpha value is -6.20. The van der Waals surface area contributed by atoms with Gasteiger partial charge in [0.05, 0.1) is 22.3 Å². The number of nitrogens with zero attached hydrogens (tertiary/aromatic N) is 5. The monoisotopic (exact) mass is 799 g/mol. The zero-order chi connectivity index (χ0) is 40.3. The lowest BCUT2D eigenvalue weighted by Gasteiger charge is -2.57. The van der Waals surface area contributed by atoms with E-state index in [0.717, 1.165) is 17.8 Å². The molecule has 0 N–H and O–H groups in total. The molecule has 62 heavy (non-hydrogen) atoms. The average Bonchev–Trinajstić information content (AvgIpc) is 3.89. The van der Waals surface area contributed by atoms with Crippen LogP contribution in [0.1, 0.15) is 105 Å². The maximum Gasteiger partial charge on any atom is 0.319 e. The molecule has 4 fully saturated rings. The first-order valence-corrected chi connectivity index (χ1v) is 23.5. The highest BCUT2D eigenvalue weighted by Gasteiger charge is 2.72. The van der Waals surface area contributed by atoms with Crippen molar-refractivity contribution in [2.24, 2.45) is 17.8 Å². The van der Waals surface area contributed by atoms with E-state index in [0.29, 0.717) is 0 Å². The van der Waals surface area contributed by atoms with Crippen LogP contribution in [0.15, 0.2) is 109 Å². The van der Waals surface area contributed by atoms with Crippen molar-refractivity contribution in [1.82, 2.24) is 9.13 Å². The Morgan fingerprint density at radius 3 is 1.84 bits per heavy atom. The van der Waals surface area contributed by atoms with Crippen LogP contribution < -0.4 is 14.0 Å². The first-order valence-electron chi connectivity index (χ1n) is 23.5. The summed E-state index contributed by atoms with van der Waals surface area (Å²) in [6.45, 7) is 9.97. The van der Waals surface area contributed by atoms with E-state index in [-0.39, 0.29) is 16.2 Å². The first-order chi connectivity index (χ1) is 30.2. The zero-order valence-corrected chi connectivity index (χ0v) is 35.6. The molecule has 0 saturated heterocycles. The van der Waals surface area contributed by atoms with Crippen LogP contribution in [0.2, 0.25) is 0 Å². The lowest BCUT2D eigenvalue weighted by atomic mass is 9.48. The van der Waals surface area contributed by atoms with Gasteiger partial charge in [0.15, 0.2) is 22.6 Å². The van der Waals surface area contributed by atoms with Gasteiger partial charge in [-0.25, -0.2) is 0 Å². The number of para-hydroxylation sites is 3. The minimum Gasteiger partial charge on any atom is -0.308 e. The van der Waals surface area contributed by atoms with Gasteiger partial charge in [0.2, 0.25) is 0 Å². The van der Waals surface area contributed by atoms with Crippen LogP contribution in [-0.2, 0) is 21.9 Å². The predicted molar refractivity (Wildman–Crippen MR) is 245 cm³/mol. The van der Waals surface area contributed by atoms with E-state index in [1.54, 1.807) is 5.56 Å². The standard InChI is InChI=1S/C57H45N5/c1-54(2)37-12-9-13-38-51(37)60-52-39(54)16-19-44-47(52)57-48-49-35(33-10-5-7-14-41(33)58(44)49)25-36-34-11-6-8-15-42(34)59(50(36)48)46-24-32(56-26-29-20-30(27-56)22-31(21-29)28-56)23-45(61(46)57)43-18-17-40(55(38,3)4)53(60)62(43)57/h5-19,23-25,29-31H,20-22,26-28H2,1-4H3/q+2. The molecular formula is C57H45N5+2. The molecule has 5 aromatic carbocycles. The normalized spacial score (nSPS) is 27.5. The molecule has 19 rings (SSSR count). The van der Waals surface area contributed by atoms with E-state index in [1.807, 2.05) is 0 Å². The van der Waals surface area contributed by atoms with E-state index in [4.69, 9.17) is 0 Å². The van der Waals surface area contributed by atoms with E-state index < -0.39 is 5.66 Å². The predicted octanol–water partition coefficient (Wildman–Crippen LogP) is 11.9. The second-order valence-corrected chi connectivity index (χ2v) is 22.4. The molecular weight excluding hydrogens is 755 g/mol. The number of aromatic nitrogens is 4. The molecule has 6 aliphatic heterocycles. The van der Waals surface area contributed by atoms with Gasteiger partial charge in [-0.3, -0.25) is 0 Å². The molecule has 296 valence electrons. The Morgan fingerprint density at radius 2 is 1.13 bits per heavy atom. The van der Waals surface area contributed by atoms with E-state index in [1.165, 1.54) is 156 Å². The molecule has 4 saturated carbocycles. The molecule has 4 bridgehead atoms. The average molecular weight is 800 g/mol. The minimum absolute atomic E-state index is 0.209. The zero-order valence-electron chi connectivity index (χ0n) is 35.6. The van der Waals surface area contributed by atoms with Gasteiger partial charge in [-0.15, -0.1) is 0 Å². The van der Waals surface area contributed by atoms with Gasteiger partial charge < -0.3 is 4.57 Å². The molecule has 10 heterocycles. The summed E-state index contributed by atoms with van der Waals surface area (Å²) < 4.78 is 11.2. The smallest absolute Gasteiger partial charge is 0.308 e. The third kappa shape index (κ3) is 2.87. The Kier molecular flexibility index (Phi) is 4.66. The second-order valence-electron chi connectivity index (χ2n) is 22.4. The van der Waals surface area contributed by atoms with Crippen LogP contribution in [0, 0.1) is 17.8 Å². The highest BCUT2D eigenvalue weighted by molar-refractivity contribution is 6.22. The number of hydrogen-bond acceptors (Lipinski definition) is 1. The Labute approximate surface area is 359 Å². The number of fused-ring (bicyclic) bond motifs is 9. The number of rotatable bonds is 1. The molecule has 4 aliphatic carbocycles. The third-order valence-electron chi connectivity index (χ3n) is 19.0. The third-order valence-corrected chi connectivity index (χ3v) is 19.0. The second kappa shape index (κ2) is 9.13. The maximum atomic E-state index is 2.91.